The van der Waals surface area contributed by atoms with E-state index in [1.807, 2.05) is 7.05 Å². The van der Waals surface area contributed by atoms with E-state index < -0.39 is 0 Å². The maximum Gasteiger partial charge on any atom is 0.137 e. The van der Waals surface area contributed by atoms with Gasteiger partial charge in [0.1, 0.15) is 18.0 Å². The zero-order chi connectivity index (χ0) is 14.3. The maximum absolute atomic E-state index is 6.11. The Balaban J connectivity index is 2.36. The highest BCUT2D eigenvalue weighted by molar-refractivity contribution is 5.58. The second-order valence-electron chi connectivity index (χ2n) is 6.40. The van der Waals surface area contributed by atoms with Crippen molar-refractivity contribution in [2.24, 2.45) is 0 Å². The molecule has 5 nitrogen and oxygen atoms in total. The first kappa shape index (κ1) is 14.1. The van der Waals surface area contributed by atoms with Crippen LogP contribution in [0.25, 0.3) is 0 Å². The smallest absolute Gasteiger partial charge is 0.137 e. The first-order valence-corrected chi connectivity index (χ1v) is 6.69. The van der Waals surface area contributed by atoms with Gasteiger partial charge >= 0.3 is 0 Å². The number of ether oxygens (including phenoxy) is 1. The molecule has 0 spiro atoms. The van der Waals surface area contributed by atoms with Crippen LogP contribution in [0.5, 0.6) is 0 Å². The van der Waals surface area contributed by atoms with Crippen LogP contribution >= 0.6 is 0 Å². The second kappa shape index (κ2) is 4.63. The fourth-order valence-electron chi connectivity index (χ4n) is 2.95. The van der Waals surface area contributed by atoms with Crippen LogP contribution in [0.1, 0.15) is 33.3 Å². The van der Waals surface area contributed by atoms with Crippen LogP contribution in [0, 0.1) is 6.92 Å². The predicted molar refractivity (Wildman–Crippen MR) is 77.8 cm³/mol. The molecule has 2 rings (SSSR count). The van der Waals surface area contributed by atoms with Crippen LogP contribution in [0.4, 0.5) is 11.6 Å². The van der Waals surface area contributed by atoms with Gasteiger partial charge in [0.05, 0.1) is 11.2 Å². The van der Waals surface area contributed by atoms with E-state index in [0.29, 0.717) is 0 Å². The van der Waals surface area contributed by atoms with Crippen molar-refractivity contribution in [3.05, 3.63) is 11.9 Å². The Hall–Kier alpha value is -1.36. The highest BCUT2D eigenvalue weighted by Crippen LogP contribution is 2.32. The molecule has 0 bridgehead atoms. The number of nitrogens with zero attached hydrogens (tertiary/aromatic N) is 3. The normalized spacial score (nSPS) is 21.3. The molecular weight excluding hydrogens is 240 g/mol. The highest BCUT2D eigenvalue weighted by Gasteiger charge is 2.39. The van der Waals surface area contributed by atoms with Gasteiger partial charge in [0, 0.05) is 25.7 Å². The van der Waals surface area contributed by atoms with Crippen molar-refractivity contribution in [3.8, 4) is 0 Å². The molecule has 1 fully saturated rings. The fourth-order valence-corrected chi connectivity index (χ4v) is 2.95. The minimum atomic E-state index is -0.182. The topological polar surface area (TPSA) is 50.3 Å². The van der Waals surface area contributed by atoms with Gasteiger partial charge in [-0.2, -0.15) is 0 Å². The van der Waals surface area contributed by atoms with E-state index in [0.717, 1.165) is 30.3 Å². The van der Waals surface area contributed by atoms with Gasteiger partial charge in [-0.05, 0) is 34.6 Å². The Morgan fingerprint density at radius 3 is 2.26 bits per heavy atom. The number of aromatic nitrogens is 2. The molecule has 0 radical (unpaired) electrons. The summed E-state index contributed by atoms with van der Waals surface area (Å²) in [5.74, 6) is 1.87. The van der Waals surface area contributed by atoms with Crippen LogP contribution in [-0.2, 0) is 4.74 Å². The second-order valence-corrected chi connectivity index (χ2v) is 6.40. The molecule has 0 aromatic carbocycles. The molecule has 1 aromatic heterocycles. The summed E-state index contributed by atoms with van der Waals surface area (Å²) in [5.41, 5.74) is 0.719. The molecular formula is C14H24N4O. The summed E-state index contributed by atoms with van der Waals surface area (Å²) in [6, 6.07) is 0. The molecule has 0 amide bonds. The summed E-state index contributed by atoms with van der Waals surface area (Å²) in [4.78, 5) is 11.0. The molecule has 1 aromatic rings. The molecule has 1 aliphatic rings. The summed E-state index contributed by atoms with van der Waals surface area (Å²) in [5, 5.41) is 3.11. The third-order valence-electron chi connectivity index (χ3n) is 3.29. The third kappa shape index (κ3) is 2.97. The fraction of sp³-hybridized carbons (Fsp3) is 0.714. The van der Waals surface area contributed by atoms with Gasteiger partial charge in [-0.25, -0.2) is 9.97 Å². The Labute approximate surface area is 115 Å². The van der Waals surface area contributed by atoms with Crippen molar-refractivity contribution >= 4 is 11.6 Å². The van der Waals surface area contributed by atoms with Crippen molar-refractivity contribution in [3.63, 3.8) is 0 Å². The monoisotopic (exact) mass is 264 g/mol. The molecule has 5 heteroatoms. The lowest BCUT2D eigenvalue weighted by molar-refractivity contribution is -0.133. The van der Waals surface area contributed by atoms with Gasteiger partial charge in [0.25, 0.3) is 0 Å². The van der Waals surface area contributed by atoms with Crippen LogP contribution < -0.4 is 10.2 Å². The average Bonchev–Trinajstić information content (AvgIpc) is 2.25. The van der Waals surface area contributed by atoms with E-state index in [1.54, 1.807) is 6.33 Å². The van der Waals surface area contributed by atoms with Crippen molar-refractivity contribution in [2.45, 2.75) is 45.8 Å². The van der Waals surface area contributed by atoms with Crippen molar-refractivity contribution in [2.75, 3.05) is 30.4 Å². The Kier molecular flexibility index (Phi) is 3.43. The van der Waals surface area contributed by atoms with Crippen LogP contribution in [0.15, 0.2) is 6.33 Å². The van der Waals surface area contributed by atoms with E-state index in [4.69, 9.17) is 4.74 Å². The zero-order valence-electron chi connectivity index (χ0n) is 12.7. The quantitative estimate of drug-likeness (QED) is 0.887. The van der Waals surface area contributed by atoms with Crippen molar-refractivity contribution in [1.29, 1.82) is 0 Å². The summed E-state index contributed by atoms with van der Waals surface area (Å²) in [7, 11) is 1.88. The van der Waals surface area contributed by atoms with E-state index in [-0.39, 0.29) is 11.2 Å². The van der Waals surface area contributed by atoms with Crippen LogP contribution in [0.2, 0.25) is 0 Å². The van der Waals surface area contributed by atoms with E-state index >= 15 is 0 Å². The van der Waals surface area contributed by atoms with Crippen molar-refractivity contribution < 1.29 is 4.74 Å². The number of morpholine rings is 1. The molecule has 106 valence electrons. The first-order valence-electron chi connectivity index (χ1n) is 6.69. The molecule has 0 saturated carbocycles. The third-order valence-corrected chi connectivity index (χ3v) is 3.29. The Bertz CT molecular complexity index is 455. The standard InChI is InChI=1S/C14H24N4O/c1-10-11(15-6)16-9-17-12(10)18-7-13(2,3)19-14(4,5)8-18/h9H,7-8H2,1-6H3,(H,15,16,17). The van der Waals surface area contributed by atoms with Crippen molar-refractivity contribution in [1.82, 2.24) is 9.97 Å². The molecule has 0 aliphatic carbocycles. The maximum atomic E-state index is 6.11. The summed E-state index contributed by atoms with van der Waals surface area (Å²) < 4.78 is 6.11. The minimum Gasteiger partial charge on any atom is -0.373 e. The molecule has 0 unspecified atom stereocenters. The lowest BCUT2D eigenvalue weighted by atomic mass is 9.98. The first-order chi connectivity index (χ1) is 8.74. The lowest BCUT2D eigenvalue weighted by Gasteiger charge is -2.47. The number of rotatable bonds is 2. The lowest BCUT2D eigenvalue weighted by Crippen LogP contribution is -2.57. The number of hydrogen-bond donors (Lipinski definition) is 1. The SMILES string of the molecule is CNc1ncnc(N2CC(C)(C)OC(C)(C)C2)c1C. The van der Waals surface area contributed by atoms with Crippen LogP contribution in [-0.4, -0.2) is 41.3 Å². The average molecular weight is 264 g/mol. The summed E-state index contributed by atoms with van der Waals surface area (Å²) >= 11 is 0. The molecule has 1 N–H and O–H groups in total. The Morgan fingerprint density at radius 1 is 1.16 bits per heavy atom. The van der Waals surface area contributed by atoms with Gasteiger partial charge in [-0.3, -0.25) is 0 Å². The van der Waals surface area contributed by atoms with Gasteiger partial charge in [0.2, 0.25) is 0 Å². The molecule has 1 aliphatic heterocycles. The number of anilines is 2. The minimum absolute atomic E-state index is 0.182. The number of hydrogen-bond acceptors (Lipinski definition) is 5. The van der Waals surface area contributed by atoms with Crippen LogP contribution in [0.3, 0.4) is 0 Å². The number of nitrogens with one attached hydrogen (secondary N) is 1. The largest absolute Gasteiger partial charge is 0.373 e. The molecule has 1 saturated heterocycles. The van der Waals surface area contributed by atoms with E-state index in [1.165, 1.54) is 0 Å². The highest BCUT2D eigenvalue weighted by atomic mass is 16.5. The van der Waals surface area contributed by atoms with Gasteiger partial charge < -0.3 is 15.0 Å². The Morgan fingerprint density at radius 2 is 1.74 bits per heavy atom. The molecule has 19 heavy (non-hydrogen) atoms. The van der Waals surface area contributed by atoms with E-state index in [2.05, 4.69) is 54.8 Å². The predicted octanol–water partition coefficient (Wildman–Crippen LogP) is 2.22. The molecule has 0 atom stereocenters. The summed E-state index contributed by atoms with van der Waals surface area (Å²) in [6.45, 7) is 12.2. The van der Waals surface area contributed by atoms with Gasteiger partial charge in [0.15, 0.2) is 0 Å². The zero-order valence-corrected chi connectivity index (χ0v) is 12.7. The summed E-state index contributed by atoms with van der Waals surface area (Å²) in [6.07, 6.45) is 1.61. The van der Waals surface area contributed by atoms with Gasteiger partial charge in [-0.15, -0.1) is 0 Å². The van der Waals surface area contributed by atoms with E-state index in [9.17, 15) is 0 Å². The van der Waals surface area contributed by atoms with Gasteiger partial charge in [-0.1, -0.05) is 0 Å². The molecule has 2 heterocycles.